The fourth-order valence-electron chi connectivity index (χ4n) is 3.19. The molecule has 0 bridgehead atoms. The number of aromatic nitrogens is 2. The fraction of sp³-hybridized carbons (Fsp3) is 0.0435. The lowest BCUT2D eigenvalue weighted by Gasteiger charge is -2.09. The SMILES string of the molecule is O=C(NCc1cnc(-c2ccccc2)s1)c1ccc2c(c1)NC(=O)c1ccncc1S2. The highest BCUT2D eigenvalue weighted by atomic mass is 32.2. The summed E-state index contributed by atoms with van der Waals surface area (Å²) < 4.78 is 0. The molecule has 2 aromatic heterocycles. The van der Waals surface area contributed by atoms with Gasteiger partial charge in [0.15, 0.2) is 0 Å². The molecule has 4 aromatic rings. The maximum atomic E-state index is 12.7. The summed E-state index contributed by atoms with van der Waals surface area (Å²) in [5, 5.41) is 6.75. The number of nitrogens with zero attached hydrogens (tertiary/aromatic N) is 2. The third-order valence-corrected chi connectivity index (χ3v) is 6.90. The third-order valence-electron chi connectivity index (χ3n) is 4.74. The van der Waals surface area contributed by atoms with Gasteiger partial charge in [-0.1, -0.05) is 42.1 Å². The van der Waals surface area contributed by atoms with Crippen molar-refractivity contribution < 1.29 is 9.59 Å². The van der Waals surface area contributed by atoms with E-state index in [2.05, 4.69) is 20.6 Å². The standard InChI is InChI=1S/C23H16N4O2S2/c28-21(25-11-16-12-26-23(30-16)14-4-2-1-3-5-14)15-6-7-19-18(10-15)27-22(29)17-8-9-24-13-20(17)31-19/h1-10,12-13H,11H2,(H,25,28)(H,27,29). The van der Waals surface area contributed by atoms with Crippen LogP contribution in [0.4, 0.5) is 5.69 Å². The predicted octanol–water partition coefficient (Wildman–Crippen LogP) is 4.85. The number of nitrogens with one attached hydrogen (secondary N) is 2. The Bertz CT molecular complexity index is 1290. The second-order valence-electron chi connectivity index (χ2n) is 6.82. The molecule has 5 rings (SSSR count). The van der Waals surface area contributed by atoms with Crippen molar-refractivity contribution >= 4 is 40.6 Å². The van der Waals surface area contributed by atoms with Gasteiger partial charge in [0, 0.05) is 44.4 Å². The number of benzene rings is 2. The van der Waals surface area contributed by atoms with E-state index in [0.717, 1.165) is 25.2 Å². The Morgan fingerprint density at radius 1 is 1.03 bits per heavy atom. The molecule has 0 radical (unpaired) electrons. The number of rotatable bonds is 4. The lowest BCUT2D eigenvalue weighted by Crippen LogP contribution is -2.22. The first-order chi connectivity index (χ1) is 15.2. The summed E-state index contributed by atoms with van der Waals surface area (Å²) in [5.41, 5.74) is 2.72. The van der Waals surface area contributed by atoms with Crippen LogP contribution in [0.15, 0.2) is 83.0 Å². The average molecular weight is 445 g/mol. The summed E-state index contributed by atoms with van der Waals surface area (Å²) in [6.07, 6.45) is 5.05. The minimum Gasteiger partial charge on any atom is -0.347 e. The highest BCUT2D eigenvalue weighted by Gasteiger charge is 2.21. The molecule has 2 N–H and O–H groups in total. The minimum absolute atomic E-state index is 0.208. The van der Waals surface area contributed by atoms with Crippen LogP contribution in [0.3, 0.4) is 0 Å². The maximum absolute atomic E-state index is 12.7. The van der Waals surface area contributed by atoms with Gasteiger partial charge in [-0.05, 0) is 24.3 Å². The van der Waals surface area contributed by atoms with E-state index >= 15 is 0 Å². The second kappa shape index (κ2) is 8.33. The number of carbonyl (C=O) groups is 2. The topological polar surface area (TPSA) is 84.0 Å². The molecule has 0 saturated heterocycles. The van der Waals surface area contributed by atoms with Crippen LogP contribution in [0.2, 0.25) is 0 Å². The van der Waals surface area contributed by atoms with Gasteiger partial charge in [-0.3, -0.25) is 14.6 Å². The number of pyridine rings is 1. The van der Waals surface area contributed by atoms with Crippen LogP contribution in [-0.2, 0) is 6.54 Å². The predicted molar refractivity (Wildman–Crippen MR) is 121 cm³/mol. The second-order valence-corrected chi connectivity index (χ2v) is 9.02. The van der Waals surface area contributed by atoms with Crippen LogP contribution >= 0.6 is 23.1 Å². The van der Waals surface area contributed by atoms with Crippen molar-refractivity contribution in [2.75, 3.05) is 5.32 Å². The molecule has 8 heteroatoms. The van der Waals surface area contributed by atoms with E-state index in [0.29, 0.717) is 23.4 Å². The molecule has 0 fully saturated rings. The Kier molecular flexibility index (Phi) is 5.23. The molecular weight excluding hydrogens is 428 g/mol. The third kappa shape index (κ3) is 4.08. The molecule has 1 aliphatic rings. The molecule has 0 saturated carbocycles. The molecule has 0 aliphatic carbocycles. The zero-order valence-corrected chi connectivity index (χ0v) is 17.8. The van der Waals surface area contributed by atoms with Gasteiger partial charge in [0.25, 0.3) is 11.8 Å². The van der Waals surface area contributed by atoms with E-state index in [1.807, 2.05) is 36.4 Å². The Balaban J connectivity index is 1.30. The Morgan fingerprint density at radius 2 is 1.90 bits per heavy atom. The Labute approximate surface area is 186 Å². The molecule has 2 aromatic carbocycles. The number of hydrogen-bond acceptors (Lipinski definition) is 6. The smallest absolute Gasteiger partial charge is 0.256 e. The highest BCUT2D eigenvalue weighted by Crippen LogP contribution is 2.38. The maximum Gasteiger partial charge on any atom is 0.256 e. The monoisotopic (exact) mass is 444 g/mol. The van der Waals surface area contributed by atoms with Crippen LogP contribution in [0, 0.1) is 0 Å². The minimum atomic E-state index is -0.209. The van der Waals surface area contributed by atoms with Crippen molar-refractivity contribution in [1.82, 2.24) is 15.3 Å². The van der Waals surface area contributed by atoms with Gasteiger partial charge in [-0.15, -0.1) is 11.3 Å². The molecule has 0 atom stereocenters. The van der Waals surface area contributed by atoms with E-state index in [-0.39, 0.29) is 11.8 Å². The molecule has 0 unspecified atom stereocenters. The van der Waals surface area contributed by atoms with E-state index in [4.69, 9.17) is 0 Å². The van der Waals surface area contributed by atoms with Crippen molar-refractivity contribution in [2.24, 2.45) is 0 Å². The van der Waals surface area contributed by atoms with Gasteiger partial charge in [0.2, 0.25) is 0 Å². The van der Waals surface area contributed by atoms with Crippen molar-refractivity contribution in [2.45, 2.75) is 16.3 Å². The van der Waals surface area contributed by atoms with Gasteiger partial charge >= 0.3 is 0 Å². The molecule has 0 spiro atoms. The Hall–Kier alpha value is -3.49. The number of thiazole rings is 1. The summed E-state index contributed by atoms with van der Waals surface area (Å²) in [6.45, 7) is 0.388. The highest BCUT2D eigenvalue weighted by molar-refractivity contribution is 7.99. The molecule has 1 aliphatic heterocycles. The Morgan fingerprint density at radius 3 is 2.77 bits per heavy atom. The lowest BCUT2D eigenvalue weighted by atomic mass is 10.1. The average Bonchev–Trinajstić information content (AvgIpc) is 3.23. The van der Waals surface area contributed by atoms with Gasteiger partial charge < -0.3 is 10.6 Å². The largest absolute Gasteiger partial charge is 0.347 e. The summed E-state index contributed by atoms with van der Waals surface area (Å²) >= 11 is 3.00. The fourth-order valence-corrected chi connectivity index (χ4v) is 5.02. The van der Waals surface area contributed by atoms with Crippen molar-refractivity contribution in [3.63, 3.8) is 0 Å². The van der Waals surface area contributed by atoms with Crippen molar-refractivity contribution in [1.29, 1.82) is 0 Å². The van der Waals surface area contributed by atoms with Gasteiger partial charge in [0.05, 0.1) is 17.8 Å². The number of amides is 2. The first-order valence-corrected chi connectivity index (χ1v) is 11.2. The van der Waals surface area contributed by atoms with Gasteiger partial charge in [0.1, 0.15) is 5.01 Å². The summed E-state index contributed by atoms with van der Waals surface area (Å²) in [4.78, 5) is 36.4. The molecule has 31 heavy (non-hydrogen) atoms. The van der Waals surface area contributed by atoms with Crippen LogP contribution in [0.1, 0.15) is 25.6 Å². The normalized spacial score (nSPS) is 12.3. The van der Waals surface area contributed by atoms with E-state index in [1.165, 1.54) is 11.8 Å². The van der Waals surface area contributed by atoms with E-state index in [1.54, 1.807) is 48.1 Å². The van der Waals surface area contributed by atoms with Crippen molar-refractivity contribution in [3.05, 3.63) is 89.2 Å². The summed E-state index contributed by atoms with van der Waals surface area (Å²) in [5.74, 6) is -0.417. The number of hydrogen-bond donors (Lipinski definition) is 2. The molecule has 6 nitrogen and oxygen atoms in total. The van der Waals surface area contributed by atoms with E-state index < -0.39 is 0 Å². The van der Waals surface area contributed by atoms with Crippen molar-refractivity contribution in [3.8, 4) is 10.6 Å². The zero-order valence-electron chi connectivity index (χ0n) is 16.2. The first-order valence-electron chi connectivity index (χ1n) is 9.53. The summed E-state index contributed by atoms with van der Waals surface area (Å²) in [7, 11) is 0. The van der Waals surface area contributed by atoms with Gasteiger partial charge in [-0.25, -0.2) is 4.98 Å². The quantitative estimate of drug-likeness (QED) is 0.470. The first kappa shape index (κ1) is 19.5. The van der Waals surface area contributed by atoms with Crippen LogP contribution in [0.5, 0.6) is 0 Å². The van der Waals surface area contributed by atoms with Crippen LogP contribution < -0.4 is 10.6 Å². The summed E-state index contributed by atoms with van der Waals surface area (Å²) in [6, 6.07) is 16.9. The van der Waals surface area contributed by atoms with Crippen LogP contribution in [0.25, 0.3) is 10.6 Å². The van der Waals surface area contributed by atoms with E-state index in [9.17, 15) is 9.59 Å². The van der Waals surface area contributed by atoms with Crippen LogP contribution in [-0.4, -0.2) is 21.8 Å². The number of fused-ring (bicyclic) bond motifs is 2. The lowest BCUT2D eigenvalue weighted by molar-refractivity contribution is 0.0949. The zero-order chi connectivity index (χ0) is 21.2. The molecular formula is C23H16N4O2S2. The number of carbonyl (C=O) groups excluding carboxylic acids is 2. The number of anilines is 1. The van der Waals surface area contributed by atoms with Gasteiger partial charge in [-0.2, -0.15) is 0 Å². The molecule has 2 amide bonds. The molecule has 3 heterocycles. The molecule has 152 valence electrons.